The summed E-state index contributed by atoms with van der Waals surface area (Å²) in [5.74, 6) is -0.128. The van der Waals surface area contributed by atoms with Crippen LogP contribution in [0.4, 0.5) is 0 Å². The number of nitrogens with one attached hydrogen (secondary N) is 2. The van der Waals surface area contributed by atoms with Crippen molar-refractivity contribution in [3.05, 3.63) is 35.7 Å². The highest BCUT2D eigenvalue weighted by Gasteiger charge is 2.22. The van der Waals surface area contributed by atoms with Gasteiger partial charge in [0.1, 0.15) is 5.75 Å². The van der Waals surface area contributed by atoms with Gasteiger partial charge in [-0.25, -0.2) is 4.79 Å². The zero-order valence-electron chi connectivity index (χ0n) is 11.2. The van der Waals surface area contributed by atoms with E-state index in [-0.39, 0.29) is 11.7 Å². The summed E-state index contributed by atoms with van der Waals surface area (Å²) in [4.78, 5) is 15.3. The number of aromatic amines is 1. The third-order valence-electron chi connectivity index (χ3n) is 3.42. The van der Waals surface area contributed by atoms with Gasteiger partial charge in [0, 0.05) is 23.6 Å². The molecule has 3 rings (SSSR count). The van der Waals surface area contributed by atoms with Crippen LogP contribution < -0.4 is 5.32 Å². The summed E-state index contributed by atoms with van der Waals surface area (Å²) in [6.07, 6.45) is 2.47. The highest BCUT2D eigenvalue weighted by molar-refractivity contribution is 6.17. The van der Waals surface area contributed by atoms with Crippen LogP contribution in [0.25, 0.3) is 16.5 Å². The molecule has 0 amide bonds. The van der Waals surface area contributed by atoms with Crippen LogP contribution in [0.1, 0.15) is 18.2 Å². The van der Waals surface area contributed by atoms with Crippen LogP contribution in [0.3, 0.4) is 0 Å². The Labute approximate surface area is 116 Å². The molecule has 0 radical (unpaired) electrons. The molecule has 1 aromatic carbocycles. The van der Waals surface area contributed by atoms with Crippen LogP contribution in [0.2, 0.25) is 0 Å². The molecule has 0 spiro atoms. The molecular weight excluding hydrogens is 256 g/mol. The molecule has 1 aromatic heterocycles. The highest BCUT2D eigenvalue weighted by atomic mass is 16.5. The number of carbonyl (C=O) groups is 1. The Balaban J connectivity index is 2.17. The second-order valence-electron chi connectivity index (χ2n) is 4.69. The lowest BCUT2D eigenvalue weighted by Gasteiger charge is -2.05. The first-order valence-corrected chi connectivity index (χ1v) is 6.65. The average Bonchev–Trinajstić information content (AvgIpc) is 2.64. The smallest absolute Gasteiger partial charge is 0.341 e. The standard InChI is InChI=1S/C15H16N2O3/c1-2-20-15(19)12-8-16-6-5-10-11-7-9(18)3-4-13(11)17-14(10)12/h3-4,7-8,16-18H,2,5-6H2,1H3. The molecule has 5 nitrogen and oxygen atoms in total. The topological polar surface area (TPSA) is 74.3 Å². The van der Waals surface area contributed by atoms with Crippen LogP contribution in [-0.2, 0) is 16.0 Å². The van der Waals surface area contributed by atoms with Gasteiger partial charge in [-0.15, -0.1) is 0 Å². The van der Waals surface area contributed by atoms with Gasteiger partial charge in [-0.2, -0.15) is 0 Å². The maximum atomic E-state index is 12.1. The number of fused-ring (bicyclic) bond motifs is 3. The number of H-pyrrole nitrogens is 1. The van der Waals surface area contributed by atoms with Crippen molar-refractivity contribution in [1.29, 1.82) is 0 Å². The number of aromatic nitrogens is 1. The first kappa shape index (κ1) is 12.6. The summed E-state index contributed by atoms with van der Waals surface area (Å²) >= 11 is 0. The summed E-state index contributed by atoms with van der Waals surface area (Å²) in [5, 5.41) is 13.7. The number of ether oxygens (including phenoxy) is 1. The molecular formula is C15H16N2O3. The van der Waals surface area contributed by atoms with Gasteiger partial charge < -0.3 is 20.1 Å². The Morgan fingerprint density at radius 3 is 3.10 bits per heavy atom. The number of phenols is 1. The van der Waals surface area contributed by atoms with Crippen LogP contribution in [-0.4, -0.2) is 29.2 Å². The first-order valence-electron chi connectivity index (χ1n) is 6.65. The number of esters is 1. The lowest BCUT2D eigenvalue weighted by atomic mass is 10.0. The highest BCUT2D eigenvalue weighted by Crippen LogP contribution is 2.31. The van der Waals surface area contributed by atoms with Gasteiger partial charge >= 0.3 is 5.97 Å². The van der Waals surface area contributed by atoms with Crippen LogP contribution in [0.5, 0.6) is 5.75 Å². The van der Waals surface area contributed by atoms with E-state index in [4.69, 9.17) is 4.74 Å². The molecule has 1 aliphatic rings. The van der Waals surface area contributed by atoms with E-state index in [1.54, 1.807) is 25.3 Å². The number of carbonyl (C=O) groups excluding carboxylic acids is 1. The van der Waals surface area contributed by atoms with Gasteiger partial charge in [0.25, 0.3) is 0 Å². The molecule has 0 saturated heterocycles. The minimum absolute atomic E-state index is 0.221. The summed E-state index contributed by atoms with van der Waals surface area (Å²) < 4.78 is 5.10. The molecule has 0 unspecified atom stereocenters. The molecule has 0 atom stereocenters. The maximum Gasteiger partial charge on any atom is 0.341 e. The molecule has 104 valence electrons. The fraction of sp³-hybridized carbons (Fsp3) is 0.267. The lowest BCUT2D eigenvalue weighted by Crippen LogP contribution is -2.11. The molecule has 0 saturated carbocycles. The molecule has 0 fully saturated rings. The molecule has 2 aromatic rings. The predicted octanol–water partition coefficient (Wildman–Crippen LogP) is 1.92. The van der Waals surface area contributed by atoms with E-state index in [1.807, 2.05) is 6.07 Å². The fourth-order valence-electron chi connectivity index (χ4n) is 2.54. The monoisotopic (exact) mass is 272 g/mol. The van der Waals surface area contributed by atoms with Crippen molar-refractivity contribution < 1.29 is 14.6 Å². The van der Waals surface area contributed by atoms with Gasteiger partial charge in [0.05, 0.1) is 17.9 Å². The maximum absolute atomic E-state index is 12.1. The Hall–Kier alpha value is -2.43. The van der Waals surface area contributed by atoms with Crippen molar-refractivity contribution in [1.82, 2.24) is 10.3 Å². The molecule has 0 aliphatic carbocycles. The molecule has 20 heavy (non-hydrogen) atoms. The number of aromatic hydroxyl groups is 1. The van der Waals surface area contributed by atoms with Gasteiger partial charge in [-0.1, -0.05) is 0 Å². The van der Waals surface area contributed by atoms with Crippen LogP contribution in [0, 0.1) is 0 Å². The number of benzene rings is 1. The Bertz CT molecular complexity index is 700. The average molecular weight is 272 g/mol. The molecule has 0 bridgehead atoms. The quantitative estimate of drug-likeness (QED) is 0.730. The van der Waals surface area contributed by atoms with Gasteiger partial charge in [-0.3, -0.25) is 0 Å². The number of rotatable bonds is 2. The number of hydrogen-bond acceptors (Lipinski definition) is 4. The Morgan fingerprint density at radius 1 is 1.45 bits per heavy atom. The van der Waals surface area contributed by atoms with E-state index in [9.17, 15) is 9.90 Å². The Morgan fingerprint density at radius 2 is 2.30 bits per heavy atom. The van der Waals surface area contributed by atoms with Crippen molar-refractivity contribution in [3.63, 3.8) is 0 Å². The third-order valence-corrected chi connectivity index (χ3v) is 3.42. The first-order chi connectivity index (χ1) is 9.70. The molecule has 3 N–H and O–H groups in total. The van der Waals surface area contributed by atoms with E-state index in [2.05, 4.69) is 10.3 Å². The van der Waals surface area contributed by atoms with Crippen molar-refractivity contribution in [3.8, 4) is 5.75 Å². The normalized spacial score (nSPS) is 14.2. The minimum atomic E-state index is -0.348. The number of hydrogen-bond donors (Lipinski definition) is 3. The zero-order valence-corrected chi connectivity index (χ0v) is 11.2. The summed E-state index contributed by atoms with van der Waals surface area (Å²) in [5.41, 5.74) is 3.20. The second kappa shape index (κ2) is 4.92. The molecule has 1 aliphatic heterocycles. The van der Waals surface area contributed by atoms with Crippen molar-refractivity contribution in [2.75, 3.05) is 13.2 Å². The predicted molar refractivity (Wildman–Crippen MR) is 76.3 cm³/mol. The molecule has 5 heteroatoms. The number of phenolic OH excluding ortho intramolecular Hbond substituents is 1. The summed E-state index contributed by atoms with van der Waals surface area (Å²) in [6.45, 7) is 2.86. The third kappa shape index (κ3) is 2.01. The van der Waals surface area contributed by atoms with Gasteiger partial charge in [0.15, 0.2) is 0 Å². The van der Waals surface area contributed by atoms with E-state index >= 15 is 0 Å². The van der Waals surface area contributed by atoms with E-state index in [0.29, 0.717) is 12.2 Å². The van der Waals surface area contributed by atoms with Gasteiger partial charge in [0.2, 0.25) is 0 Å². The molecule has 2 heterocycles. The van der Waals surface area contributed by atoms with E-state index in [0.717, 1.165) is 35.1 Å². The fourth-order valence-corrected chi connectivity index (χ4v) is 2.54. The summed E-state index contributed by atoms with van der Waals surface area (Å²) in [7, 11) is 0. The largest absolute Gasteiger partial charge is 0.508 e. The van der Waals surface area contributed by atoms with Crippen molar-refractivity contribution >= 4 is 22.4 Å². The van der Waals surface area contributed by atoms with Gasteiger partial charge in [-0.05, 0) is 37.1 Å². The van der Waals surface area contributed by atoms with E-state index in [1.165, 1.54) is 0 Å². The van der Waals surface area contributed by atoms with Crippen LogP contribution in [0.15, 0.2) is 24.4 Å². The minimum Gasteiger partial charge on any atom is -0.508 e. The van der Waals surface area contributed by atoms with E-state index < -0.39 is 0 Å². The summed E-state index contributed by atoms with van der Waals surface area (Å²) in [6, 6.07) is 5.17. The lowest BCUT2D eigenvalue weighted by molar-refractivity contribution is -0.136. The van der Waals surface area contributed by atoms with Crippen molar-refractivity contribution in [2.24, 2.45) is 0 Å². The SMILES string of the molecule is CCOC(=O)C1=CNCCc2c1[nH]c1ccc(O)cc21. The Kier molecular flexibility index (Phi) is 3.10. The second-order valence-corrected chi connectivity index (χ2v) is 4.69. The van der Waals surface area contributed by atoms with Crippen LogP contribution >= 0.6 is 0 Å². The zero-order chi connectivity index (χ0) is 14.1. The van der Waals surface area contributed by atoms with Crippen molar-refractivity contribution in [2.45, 2.75) is 13.3 Å².